The Morgan fingerprint density at radius 3 is 2.57 bits per heavy atom. The molecule has 0 unspecified atom stereocenters. The molecule has 2 heterocycles. The summed E-state index contributed by atoms with van der Waals surface area (Å²) in [6, 6.07) is 12.8. The minimum absolute atomic E-state index is 0.209. The molecule has 0 spiro atoms. The maximum Gasteiger partial charge on any atom is 0.277 e. The van der Waals surface area contributed by atoms with E-state index >= 15 is 0 Å². The van der Waals surface area contributed by atoms with Crippen LogP contribution in [0.5, 0.6) is 0 Å². The lowest BCUT2D eigenvalue weighted by molar-refractivity contribution is 0.111. The summed E-state index contributed by atoms with van der Waals surface area (Å²) in [5, 5.41) is 4.75. The van der Waals surface area contributed by atoms with Gasteiger partial charge in [-0.2, -0.15) is 4.68 Å². The Morgan fingerprint density at radius 1 is 1.11 bits per heavy atom. The number of carbonyl (C=O) groups is 1. The molecule has 0 fully saturated rings. The van der Waals surface area contributed by atoms with Gasteiger partial charge in [-0.3, -0.25) is 14.7 Å². The van der Waals surface area contributed by atoms with Crippen molar-refractivity contribution in [1.29, 1.82) is 0 Å². The number of rotatable bonds is 5. The zero-order valence-corrected chi connectivity index (χ0v) is 15.2. The van der Waals surface area contributed by atoms with Crippen LogP contribution >= 0.6 is 11.3 Å². The fraction of sp³-hybridized carbons (Fsp3) is 0.0500. The first-order chi connectivity index (χ1) is 13.6. The van der Waals surface area contributed by atoms with Gasteiger partial charge in [0.1, 0.15) is 5.69 Å². The summed E-state index contributed by atoms with van der Waals surface area (Å²) in [5.41, 5.74) is 1.83. The third-order valence-corrected chi connectivity index (χ3v) is 5.08. The largest absolute Gasteiger partial charge is 0.296 e. The van der Waals surface area contributed by atoms with Crippen molar-refractivity contribution in [2.75, 3.05) is 0 Å². The van der Waals surface area contributed by atoms with Crippen LogP contribution in [0.3, 0.4) is 0 Å². The number of nitrogens with zero attached hydrogens (tertiary/aromatic N) is 2. The predicted octanol–water partition coefficient (Wildman–Crippen LogP) is 3.97. The molecule has 0 aliphatic heterocycles. The monoisotopic (exact) mass is 397 g/mol. The molecule has 0 saturated heterocycles. The Labute approximate surface area is 161 Å². The molecule has 0 aliphatic rings. The van der Waals surface area contributed by atoms with Crippen LogP contribution in [0.4, 0.5) is 8.78 Å². The Bertz CT molecular complexity index is 1210. The second kappa shape index (κ2) is 7.32. The van der Waals surface area contributed by atoms with Gasteiger partial charge in [-0.15, -0.1) is 11.3 Å². The molecule has 140 valence electrons. The highest BCUT2D eigenvalue weighted by Crippen LogP contribution is 2.25. The van der Waals surface area contributed by atoms with Gasteiger partial charge in [0.2, 0.25) is 5.13 Å². The van der Waals surface area contributed by atoms with Crippen LogP contribution in [0.2, 0.25) is 0 Å². The summed E-state index contributed by atoms with van der Waals surface area (Å²) < 4.78 is 28.4. The molecule has 2 aromatic heterocycles. The van der Waals surface area contributed by atoms with Crippen molar-refractivity contribution >= 4 is 17.6 Å². The molecular formula is C20H13F2N3O2S. The number of halogens is 2. The van der Waals surface area contributed by atoms with E-state index in [1.54, 1.807) is 0 Å². The molecule has 0 saturated carbocycles. The van der Waals surface area contributed by atoms with Crippen LogP contribution in [0, 0.1) is 11.6 Å². The first kappa shape index (κ1) is 18.0. The number of nitrogens with one attached hydrogen (secondary N) is 1. The summed E-state index contributed by atoms with van der Waals surface area (Å²) in [6.07, 6.45) is 0.887. The van der Waals surface area contributed by atoms with Crippen molar-refractivity contribution in [2.45, 2.75) is 6.42 Å². The molecular weight excluding hydrogens is 384 g/mol. The molecule has 4 rings (SSSR count). The highest BCUT2D eigenvalue weighted by Gasteiger charge is 2.20. The number of aromatic amines is 1. The highest BCUT2D eigenvalue weighted by molar-refractivity contribution is 7.12. The van der Waals surface area contributed by atoms with Crippen molar-refractivity contribution in [2.24, 2.45) is 0 Å². The van der Waals surface area contributed by atoms with Crippen LogP contribution in [0.25, 0.3) is 16.4 Å². The second-order valence-corrected chi connectivity index (χ2v) is 6.91. The Kier molecular flexibility index (Phi) is 4.70. The van der Waals surface area contributed by atoms with E-state index in [0.717, 1.165) is 29.0 Å². The molecule has 2 aromatic carbocycles. The lowest BCUT2D eigenvalue weighted by Crippen LogP contribution is -2.17. The standard InChI is InChI=1S/C20H13F2N3O2S/c21-16-7-6-13(9-17(16)22)18-15(8-12-4-2-1-3-5-12)19(27)25(24-18)20-23-14(10-26)11-28-20/h1-7,9-11,24H,8H2. The van der Waals surface area contributed by atoms with E-state index in [4.69, 9.17) is 0 Å². The molecule has 1 N–H and O–H groups in total. The van der Waals surface area contributed by atoms with Crippen LogP contribution in [0.15, 0.2) is 58.7 Å². The number of hydrogen-bond donors (Lipinski definition) is 1. The van der Waals surface area contributed by atoms with Gasteiger partial charge in [0.25, 0.3) is 5.56 Å². The number of H-pyrrole nitrogens is 1. The zero-order valence-electron chi connectivity index (χ0n) is 14.4. The zero-order chi connectivity index (χ0) is 19.7. The van der Waals surface area contributed by atoms with Crippen LogP contribution in [0.1, 0.15) is 21.6 Å². The van der Waals surface area contributed by atoms with Crippen LogP contribution in [-0.4, -0.2) is 21.1 Å². The van der Waals surface area contributed by atoms with Gasteiger partial charge in [0.15, 0.2) is 17.9 Å². The molecule has 0 atom stereocenters. The van der Waals surface area contributed by atoms with Crippen LogP contribution in [-0.2, 0) is 6.42 Å². The molecule has 4 aromatic rings. The molecule has 0 aliphatic carbocycles. The van der Waals surface area contributed by atoms with Crippen molar-refractivity contribution < 1.29 is 13.6 Å². The normalized spacial score (nSPS) is 10.9. The maximum absolute atomic E-state index is 13.8. The number of aromatic nitrogens is 3. The first-order valence-corrected chi connectivity index (χ1v) is 9.19. The number of hydrogen-bond acceptors (Lipinski definition) is 4. The molecule has 0 radical (unpaired) electrons. The van der Waals surface area contributed by atoms with Gasteiger partial charge < -0.3 is 0 Å². The average Bonchev–Trinajstić information content (AvgIpc) is 3.30. The second-order valence-electron chi connectivity index (χ2n) is 6.07. The highest BCUT2D eigenvalue weighted by atomic mass is 32.1. The van der Waals surface area contributed by atoms with Gasteiger partial charge >= 0.3 is 0 Å². The van der Waals surface area contributed by atoms with E-state index < -0.39 is 11.6 Å². The SMILES string of the molecule is O=Cc1csc(-n2[nH]c(-c3ccc(F)c(F)c3)c(Cc3ccccc3)c2=O)n1. The average molecular weight is 397 g/mol. The summed E-state index contributed by atoms with van der Waals surface area (Å²) in [5.74, 6) is -1.97. The smallest absolute Gasteiger partial charge is 0.277 e. The maximum atomic E-state index is 13.8. The Morgan fingerprint density at radius 2 is 1.89 bits per heavy atom. The van der Waals surface area contributed by atoms with E-state index in [1.165, 1.54) is 16.1 Å². The van der Waals surface area contributed by atoms with Gasteiger partial charge in [-0.05, 0) is 23.8 Å². The third kappa shape index (κ3) is 3.29. The molecule has 28 heavy (non-hydrogen) atoms. The van der Waals surface area contributed by atoms with Crippen molar-refractivity contribution in [3.05, 3.63) is 92.7 Å². The summed E-state index contributed by atoms with van der Waals surface area (Å²) in [6.45, 7) is 0. The Hall–Kier alpha value is -3.39. The van der Waals surface area contributed by atoms with E-state index in [-0.39, 0.29) is 16.4 Å². The van der Waals surface area contributed by atoms with Gasteiger partial charge in [-0.25, -0.2) is 13.8 Å². The lowest BCUT2D eigenvalue weighted by Gasteiger charge is -2.04. The van der Waals surface area contributed by atoms with Gasteiger partial charge in [0, 0.05) is 22.9 Å². The fourth-order valence-electron chi connectivity index (χ4n) is 2.89. The predicted molar refractivity (Wildman–Crippen MR) is 102 cm³/mol. The number of aldehydes is 1. The number of benzene rings is 2. The van der Waals surface area contributed by atoms with E-state index in [9.17, 15) is 18.4 Å². The summed E-state index contributed by atoms with van der Waals surface area (Å²) in [4.78, 5) is 28.1. The molecule has 8 heteroatoms. The first-order valence-electron chi connectivity index (χ1n) is 8.31. The molecule has 0 amide bonds. The van der Waals surface area contributed by atoms with Crippen LogP contribution < -0.4 is 5.56 Å². The van der Waals surface area contributed by atoms with E-state index in [2.05, 4.69) is 10.1 Å². The summed E-state index contributed by atoms with van der Waals surface area (Å²) >= 11 is 1.13. The fourth-order valence-corrected chi connectivity index (χ4v) is 3.62. The number of carbonyl (C=O) groups excluding carboxylic acids is 1. The van der Waals surface area contributed by atoms with Crippen molar-refractivity contribution in [1.82, 2.24) is 14.8 Å². The quantitative estimate of drug-likeness (QED) is 0.518. The van der Waals surface area contributed by atoms with E-state index in [1.807, 2.05) is 30.3 Å². The third-order valence-electron chi connectivity index (χ3n) is 4.24. The topological polar surface area (TPSA) is 67.8 Å². The Balaban J connectivity index is 1.89. The lowest BCUT2D eigenvalue weighted by atomic mass is 10.0. The molecule has 5 nitrogen and oxygen atoms in total. The number of thiazole rings is 1. The van der Waals surface area contributed by atoms with Gasteiger partial charge in [-0.1, -0.05) is 30.3 Å². The minimum atomic E-state index is -1.01. The minimum Gasteiger partial charge on any atom is -0.296 e. The molecule has 0 bridgehead atoms. The van der Waals surface area contributed by atoms with Crippen molar-refractivity contribution in [3.8, 4) is 16.4 Å². The van der Waals surface area contributed by atoms with E-state index in [0.29, 0.717) is 29.5 Å². The van der Waals surface area contributed by atoms with Crippen molar-refractivity contribution in [3.63, 3.8) is 0 Å². The summed E-state index contributed by atoms with van der Waals surface area (Å²) in [7, 11) is 0. The van der Waals surface area contributed by atoms with Gasteiger partial charge in [0.05, 0.1) is 5.69 Å².